The summed E-state index contributed by atoms with van der Waals surface area (Å²) in [6.07, 6.45) is 7.48. The molecule has 0 spiro atoms. The van der Waals surface area contributed by atoms with E-state index in [0.717, 1.165) is 18.3 Å². The molecule has 2 aliphatic rings. The first-order chi connectivity index (χ1) is 6.98. The molecule has 0 bridgehead atoms. The largest absolute Gasteiger partial charge is 0.299 e. The zero-order valence-electron chi connectivity index (χ0n) is 10.4. The van der Waals surface area contributed by atoms with Crippen LogP contribution in [-0.4, -0.2) is 5.78 Å². The van der Waals surface area contributed by atoms with Gasteiger partial charge in [0.1, 0.15) is 5.78 Å². The summed E-state index contributed by atoms with van der Waals surface area (Å²) in [5, 5.41) is 0. The third kappa shape index (κ3) is 2.26. The predicted molar refractivity (Wildman–Crippen MR) is 62.6 cm³/mol. The summed E-state index contributed by atoms with van der Waals surface area (Å²) >= 11 is 0. The first kappa shape index (κ1) is 11.2. The second-order valence-electron chi connectivity index (χ2n) is 6.61. The van der Waals surface area contributed by atoms with E-state index in [-0.39, 0.29) is 5.41 Å². The quantitative estimate of drug-likeness (QED) is 0.640. The Hall–Kier alpha value is -0.330. The number of Topliss-reactive ketones (excluding diaryl/α,β-unsaturated/α-hetero) is 1. The molecule has 0 N–H and O–H groups in total. The van der Waals surface area contributed by atoms with E-state index in [1.165, 1.54) is 32.1 Å². The molecule has 0 aliphatic heterocycles. The second-order valence-corrected chi connectivity index (χ2v) is 6.61. The molecule has 0 radical (unpaired) electrons. The molecule has 0 aromatic rings. The van der Waals surface area contributed by atoms with E-state index in [0.29, 0.717) is 11.7 Å². The Morgan fingerprint density at radius 2 is 1.73 bits per heavy atom. The fraction of sp³-hybridized carbons (Fsp3) is 0.929. The van der Waals surface area contributed by atoms with Crippen molar-refractivity contribution in [2.45, 2.75) is 59.3 Å². The lowest BCUT2D eigenvalue weighted by molar-refractivity contribution is -0.130. The molecule has 2 fully saturated rings. The third-order valence-electron chi connectivity index (χ3n) is 4.55. The number of carbonyl (C=O) groups excluding carboxylic acids is 1. The van der Waals surface area contributed by atoms with Crippen LogP contribution in [0.25, 0.3) is 0 Å². The van der Waals surface area contributed by atoms with Gasteiger partial charge in [-0.15, -0.1) is 0 Å². The van der Waals surface area contributed by atoms with Crippen molar-refractivity contribution in [3.63, 3.8) is 0 Å². The van der Waals surface area contributed by atoms with E-state index < -0.39 is 0 Å². The van der Waals surface area contributed by atoms with Gasteiger partial charge in [-0.05, 0) is 30.1 Å². The van der Waals surface area contributed by atoms with Crippen molar-refractivity contribution < 1.29 is 4.79 Å². The van der Waals surface area contributed by atoms with Gasteiger partial charge >= 0.3 is 0 Å². The highest BCUT2D eigenvalue weighted by atomic mass is 16.1. The Kier molecular flexibility index (Phi) is 2.92. The molecule has 2 rings (SSSR count). The molecule has 2 aliphatic carbocycles. The van der Waals surface area contributed by atoms with E-state index in [9.17, 15) is 4.79 Å². The molecule has 0 aromatic heterocycles. The van der Waals surface area contributed by atoms with Gasteiger partial charge < -0.3 is 0 Å². The molecule has 0 saturated heterocycles. The van der Waals surface area contributed by atoms with Crippen molar-refractivity contribution in [1.82, 2.24) is 0 Å². The molecule has 0 heterocycles. The minimum atomic E-state index is 0.180. The molecule has 2 saturated carbocycles. The van der Waals surface area contributed by atoms with Gasteiger partial charge in [-0.3, -0.25) is 4.79 Å². The topological polar surface area (TPSA) is 17.1 Å². The minimum absolute atomic E-state index is 0.180. The first-order valence-electron chi connectivity index (χ1n) is 6.51. The highest BCUT2D eigenvalue weighted by molar-refractivity contribution is 5.82. The van der Waals surface area contributed by atoms with Gasteiger partial charge in [0.2, 0.25) is 0 Å². The maximum atomic E-state index is 11.9. The highest BCUT2D eigenvalue weighted by Gasteiger charge is 2.40. The Bertz CT molecular complexity index is 245. The van der Waals surface area contributed by atoms with Gasteiger partial charge in [0.25, 0.3) is 0 Å². The lowest BCUT2D eigenvalue weighted by Crippen LogP contribution is -2.37. The van der Waals surface area contributed by atoms with Crippen molar-refractivity contribution in [1.29, 1.82) is 0 Å². The SMILES string of the molecule is CC(C)(C)C1CC(C2CCC2)CCC1=O. The zero-order chi connectivity index (χ0) is 11.1. The van der Waals surface area contributed by atoms with E-state index in [1.807, 2.05) is 0 Å². The summed E-state index contributed by atoms with van der Waals surface area (Å²) in [6.45, 7) is 6.66. The molecule has 2 atom stereocenters. The fourth-order valence-corrected chi connectivity index (χ4v) is 3.23. The molecular weight excluding hydrogens is 184 g/mol. The lowest BCUT2D eigenvalue weighted by Gasteiger charge is -2.42. The minimum Gasteiger partial charge on any atom is -0.299 e. The van der Waals surface area contributed by atoms with Gasteiger partial charge in [-0.1, -0.05) is 40.0 Å². The van der Waals surface area contributed by atoms with Crippen LogP contribution in [-0.2, 0) is 4.79 Å². The van der Waals surface area contributed by atoms with Crippen LogP contribution in [0.15, 0.2) is 0 Å². The fourth-order valence-electron chi connectivity index (χ4n) is 3.23. The number of rotatable bonds is 1. The van der Waals surface area contributed by atoms with Gasteiger partial charge in [0.05, 0.1) is 0 Å². The third-order valence-corrected chi connectivity index (χ3v) is 4.55. The van der Waals surface area contributed by atoms with E-state index in [2.05, 4.69) is 20.8 Å². The van der Waals surface area contributed by atoms with Crippen LogP contribution < -0.4 is 0 Å². The zero-order valence-corrected chi connectivity index (χ0v) is 10.4. The normalized spacial score (nSPS) is 33.9. The van der Waals surface area contributed by atoms with Gasteiger partial charge in [-0.25, -0.2) is 0 Å². The summed E-state index contributed by atoms with van der Waals surface area (Å²) in [5.41, 5.74) is 0.180. The average Bonchev–Trinajstić information content (AvgIpc) is 2.03. The van der Waals surface area contributed by atoms with Crippen molar-refractivity contribution in [3.05, 3.63) is 0 Å². The van der Waals surface area contributed by atoms with Crippen molar-refractivity contribution in [2.24, 2.45) is 23.2 Å². The summed E-state index contributed by atoms with van der Waals surface area (Å²) in [7, 11) is 0. The molecule has 1 nitrogen and oxygen atoms in total. The maximum Gasteiger partial charge on any atom is 0.136 e. The summed E-state index contributed by atoms with van der Waals surface area (Å²) < 4.78 is 0. The monoisotopic (exact) mass is 208 g/mol. The number of hydrogen-bond donors (Lipinski definition) is 0. The predicted octanol–water partition coefficient (Wildman–Crippen LogP) is 3.82. The highest BCUT2D eigenvalue weighted by Crippen LogP contribution is 2.45. The van der Waals surface area contributed by atoms with Crippen molar-refractivity contribution in [2.75, 3.05) is 0 Å². The summed E-state index contributed by atoms with van der Waals surface area (Å²) in [4.78, 5) is 11.9. The van der Waals surface area contributed by atoms with Gasteiger partial charge in [0.15, 0.2) is 0 Å². The molecule has 0 amide bonds. The maximum absolute atomic E-state index is 11.9. The van der Waals surface area contributed by atoms with E-state index in [1.54, 1.807) is 0 Å². The van der Waals surface area contributed by atoms with Crippen LogP contribution in [0.3, 0.4) is 0 Å². The second kappa shape index (κ2) is 3.92. The first-order valence-corrected chi connectivity index (χ1v) is 6.51. The van der Waals surface area contributed by atoms with Crippen LogP contribution in [0.4, 0.5) is 0 Å². The van der Waals surface area contributed by atoms with Gasteiger partial charge in [-0.2, -0.15) is 0 Å². The number of carbonyl (C=O) groups is 1. The van der Waals surface area contributed by atoms with Crippen LogP contribution in [0.1, 0.15) is 59.3 Å². The Balaban J connectivity index is 2.00. The standard InChI is InChI=1S/C14H24O/c1-14(2,3)12-9-11(7-8-13(12)15)10-5-4-6-10/h10-12H,4-9H2,1-3H3. The van der Waals surface area contributed by atoms with Crippen LogP contribution in [0.2, 0.25) is 0 Å². The molecule has 2 unspecified atom stereocenters. The molecule has 0 aromatic carbocycles. The Morgan fingerprint density at radius 1 is 1.07 bits per heavy atom. The Labute approximate surface area is 93.6 Å². The molecule has 15 heavy (non-hydrogen) atoms. The molecular formula is C14H24O. The summed E-state index contributed by atoms with van der Waals surface area (Å²) in [5.74, 6) is 2.68. The number of ketones is 1. The van der Waals surface area contributed by atoms with Crippen molar-refractivity contribution >= 4 is 5.78 Å². The van der Waals surface area contributed by atoms with Crippen LogP contribution in [0, 0.1) is 23.2 Å². The van der Waals surface area contributed by atoms with Crippen LogP contribution in [0.5, 0.6) is 0 Å². The Morgan fingerprint density at radius 3 is 2.20 bits per heavy atom. The van der Waals surface area contributed by atoms with Crippen LogP contribution >= 0.6 is 0 Å². The lowest BCUT2D eigenvalue weighted by atomic mass is 9.62. The van der Waals surface area contributed by atoms with E-state index in [4.69, 9.17) is 0 Å². The van der Waals surface area contributed by atoms with E-state index >= 15 is 0 Å². The molecule has 1 heteroatoms. The molecule has 86 valence electrons. The van der Waals surface area contributed by atoms with Gasteiger partial charge in [0, 0.05) is 12.3 Å². The van der Waals surface area contributed by atoms with Crippen molar-refractivity contribution in [3.8, 4) is 0 Å². The average molecular weight is 208 g/mol. The smallest absolute Gasteiger partial charge is 0.136 e. The number of hydrogen-bond acceptors (Lipinski definition) is 1. The summed E-state index contributed by atoms with van der Waals surface area (Å²) in [6, 6.07) is 0.